The van der Waals surface area contributed by atoms with Crippen molar-refractivity contribution in [3.8, 4) is 0 Å². The Morgan fingerprint density at radius 3 is 2.23 bits per heavy atom. The highest BCUT2D eigenvalue weighted by Crippen LogP contribution is 2.13. The van der Waals surface area contributed by atoms with Gasteiger partial charge in [0.05, 0.1) is 11.4 Å². The van der Waals surface area contributed by atoms with Crippen LogP contribution in [-0.4, -0.2) is 39.4 Å². The lowest BCUT2D eigenvalue weighted by molar-refractivity contribution is -0.127. The SMILES string of the molecule is CCCNC(=O)CNC(=O)C(CC(C)C)NS(=O)(=O)c1ccc(C)cc1. The summed E-state index contributed by atoms with van der Waals surface area (Å²) < 4.78 is 27.6. The molecule has 0 heterocycles. The largest absolute Gasteiger partial charge is 0.355 e. The van der Waals surface area contributed by atoms with Crippen molar-refractivity contribution in [3.05, 3.63) is 29.8 Å². The third kappa shape index (κ3) is 7.53. The fraction of sp³-hybridized carbons (Fsp3) is 0.556. The van der Waals surface area contributed by atoms with Crippen molar-refractivity contribution in [1.29, 1.82) is 0 Å². The molecule has 0 aliphatic rings. The number of aryl methyl sites for hydroxylation is 1. The van der Waals surface area contributed by atoms with Crippen LogP contribution in [0.4, 0.5) is 0 Å². The van der Waals surface area contributed by atoms with Crippen LogP contribution in [0.5, 0.6) is 0 Å². The second-order valence-electron chi connectivity index (χ2n) is 6.68. The first-order valence-electron chi connectivity index (χ1n) is 8.79. The van der Waals surface area contributed by atoms with Crippen molar-refractivity contribution in [2.45, 2.75) is 51.5 Å². The maximum atomic E-state index is 12.5. The minimum absolute atomic E-state index is 0.0976. The molecule has 1 aromatic carbocycles. The van der Waals surface area contributed by atoms with Crippen LogP contribution in [0, 0.1) is 12.8 Å². The molecular formula is C18H29N3O4S. The first-order valence-corrected chi connectivity index (χ1v) is 10.3. The van der Waals surface area contributed by atoms with Gasteiger partial charge in [0.15, 0.2) is 0 Å². The summed E-state index contributed by atoms with van der Waals surface area (Å²) in [5.41, 5.74) is 0.943. The number of benzene rings is 1. The first-order chi connectivity index (χ1) is 12.2. The molecule has 0 radical (unpaired) electrons. The molecule has 0 bridgehead atoms. The molecule has 0 aromatic heterocycles. The Kier molecular flexibility index (Phi) is 8.74. The van der Waals surface area contributed by atoms with Crippen molar-refractivity contribution < 1.29 is 18.0 Å². The number of sulfonamides is 1. The lowest BCUT2D eigenvalue weighted by Gasteiger charge is -2.20. The highest BCUT2D eigenvalue weighted by atomic mass is 32.2. The number of rotatable bonds is 10. The van der Waals surface area contributed by atoms with Crippen molar-refractivity contribution in [2.75, 3.05) is 13.1 Å². The van der Waals surface area contributed by atoms with Gasteiger partial charge in [0.2, 0.25) is 21.8 Å². The van der Waals surface area contributed by atoms with E-state index in [2.05, 4.69) is 15.4 Å². The third-order valence-corrected chi connectivity index (χ3v) is 5.14. The fourth-order valence-corrected chi connectivity index (χ4v) is 3.48. The molecule has 0 aliphatic carbocycles. The number of hydrogen-bond donors (Lipinski definition) is 3. The highest BCUT2D eigenvalue weighted by molar-refractivity contribution is 7.89. The Morgan fingerprint density at radius 2 is 1.69 bits per heavy atom. The Hall–Kier alpha value is -1.93. The maximum Gasteiger partial charge on any atom is 0.241 e. The molecule has 0 saturated carbocycles. The topological polar surface area (TPSA) is 104 Å². The summed E-state index contributed by atoms with van der Waals surface area (Å²) in [6.07, 6.45) is 1.12. The Bertz CT molecular complexity index is 700. The molecule has 3 N–H and O–H groups in total. The maximum absolute atomic E-state index is 12.5. The summed E-state index contributed by atoms with van der Waals surface area (Å²) in [6.45, 7) is 7.94. The highest BCUT2D eigenvalue weighted by Gasteiger charge is 2.26. The van der Waals surface area contributed by atoms with Crippen LogP contribution in [0.1, 0.15) is 39.2 Å². The molecule has 1 unspecified atom stereocenters. The van der Waals surface area contributed by atoms with Crippen LogP contribution in [0.3, 0.4) is 0 Å². The molecule has 1 aromatic rings. The molecule has 2 amide bonds. The molecule has 0 spiro atoms. The van der Waals surface area contributed by atoms with Gasteiger partial charge in [-0.2, -0.15) is 4.72 Å². The van der Waals surface area contributed by atoms with E-state index in [0.29, 0.717) is 13.0 Å². The van der Waals surface area contributed by atoms with Crippen LogP contribution >= 0.6 is 0 Å². The fourth-order valence-electron chi connectivity index (χ4n) is 2.27. The summed E-state index contributed by atoms with van der Waals surface area (Å²) in [4.78, 5) is 24.1. The van der Waals surface area contributed by atoms with Crippen molar-refractivity contribution in [3.63, 3.8) is 0 Å². The predicted octanol–water partition coefficient (Wildman–Crippen LogP) is 1.33. The normalized spacial score (nSPS) is 12.7. The smallest absolute Gasteiger partial charge is 0.241 e. The number of nitrogens with one attached hydrogen (secondary N) is 3. The molecule has 26 heavy (non-hydrogen) atoms. The monoisotopic (exact) mass is 383 g/mol. The molecule has 0 saturated heterocycles. The summed E-state index contributed by atoms with van der Waals surface area (Å²) in [5.74, 6) is -0.716. The second-order valence-corrected chi connectivity index (χ2v) is 8.40. The minimum Gasteiger partial charge on any atom is -0.355 e. The quantitative estimate of drug-likeness (QED) is 0.567. The minimum atomic E-state index is -3.83. The first kappa shape index (κ1) is 22.1. The van der Waals surface area contributed by atoms with Crippen molar-refractivity contribution in [1.82, 2.24) is 15.4 Å². The van der Waals surface area contributed by atoms with Crippen LogP contribution in [0.15, 0.2) is 29.2 Å². The predicted molar refractivity (Wildman–Crippen MR) is 101 cm³/mol. The van der Waals surface area contributed by atoms with E-state index in [9.17, 15) is 18.0 Å². The van der Waals surface area contributed by atoms with Gasteiger partial charge >= 0.3 is 0 Å². The van der Waals surface area contributed by atoms with Gasteiger partial charge in [-0.15, -0.1) is 0 Å². The van der Waals surface area contributed by atoms with E-state index >= 15 is 0 Å². The molecule has 8 heteroatoms. The number of amides is 2. The number of hydrogen-bond acceptors (Lipinski definition) is 4. The summed E-state index contributed by atoms with van der Waals surface area (Å²) in [6, 6.07) is 5.45. The van der Waals surface area contributed by atoms with E-state index < -0.39 is 22.0 Å². The van der Waals surface area contributed by atoms with E-state index in [0.717, 1.165) is 12.0 Å². The summed E-state index contributed by atoms with van der Waals surface area (Å²) >= 11 is 0. The van der Waals surface area contributed by atoms with E-state index in [-0.39, 0.29) is 23.3 Å². The third-order valence-electron chi connectivity index (χ3n) is 3.65. The molecular weight excluding hydrogens is 354 g/mol. The lowest BCUT2D eigenvalue weighted by atomic mass is 10.0. The van der Waals surface area contributed by atoms with Crippen molar-refractivity contribution in [2.24, 2.45) is 5.92 Å². The number of carbonyl (C=O) groups excluding carboxylic acids is 2. The molecule has 1 atom stereocenters. The Morgan fingerprint density at radius 1 is 1.08 bits per heavy atom. The van der Waals surface area contributed by atoms with Gasteiger partial charge < -0.3 is 10.6 Å². The van der Waals surface area contributed by atoms with Crippen LogP contribution in [0.2, 0.25) is 0 Å². The Balaban J connectivity index is 2.80. The van der Waals surface area contributed by atoms with E-state index in [4.69, 9.17) is 0 Å². The molecule has 0 fully saturated rings. The van der Waals surface area contributed by atoms with Crippen LogP contribution in [0.25, 0.3) is 0 Å². The zero-order valence-electron chi connectivity index (χ0n) is 15.8. The average Bonchev–Trinajstić information content (AvgIpc) is 2.57. The second kappa shape index (κ2) is 10.3. The summed E-state index contributed by atoms with van der Waals surface area (Å²) in [7, 11) is -3.83. The molecule has 0 aliphatic heterocycles. The van der Waals surface area contributed by atoms with Gasteiger partial charge in [-0.25, -0.2) is 8.42 Å². The van der Waals surface area contributed by atoms with Gasteiger partial charge in [-0.1, -0.05) is 38.5 Å². The van der Waals surface area contributed by atoms with Gasteiger partial charge in [0.1, 0.15) is 6.04 Å². The molecule has 1 rings (SSSR count). The van der Waals surface area contributed by atoms with Gasteiger partial charge in [0.25, 0.3) is 0 Å². The van der Waals surface area contributed by atoms with Gasteiger partial charge in [-0.3, -0.25) is 9.59 Å². The van der Waals surface area contributed by atoms with Gasteiger partial charge in [0, 0.05) is 6.54 Å². The Labute approximate surface area is 156 Å². The lowest BCUT2D eigenvalue weighted by Crippen LogP contribution is -2.49. The zero-order valence-corrected chi connectivity index (χ0v) is 16.7. The van der Waals surface area contributed by atoms with Gasteiger partial charge in [-0.05, 0) is 37.8 Å². The van der Waals surface area contributed by atoms with Crippen LogP contribution < -0.4 is 15.4 Å². The number of carbonyl (C=O) groups is 2. The standard InChI is InChI=1S/C18H29N3O4S/c1-5-10-19-17(22)12-20-18(23)16(11-13(2)3)21-26(24,25)15-8-6-14(4)7-9-15/h6-9,13,16,21H,5,10-12H2,1-4H3,(H,19,22)(H,20,23). The zero-order chi connectivity index (χ0) is 19.7. The van der Waals surface area contributed by atoms with Crippen LogP contribution in [-0.2, 0) is 19.6 Å². The van der Waals surface area contributed by atoms with E-state index in [1.807, 2.05) is 27.7 Å². The summed E-state index contributed by atoms with van der Waals surface area (Å²) in [5, 5.41) is 5.16. The van der Waals surface area contributed by atoms with Crippen molar-refractivity contribution >= 4 is 21.8 Å². The van der Waals surface area contributed by atoms with E-state index in [1.54, 1.807) is 12.1 Å². The molecule has 7 nitrogen and oxygen atoms in total. The molecule has 146 valence electrons. The van der Waals surface area contributed by atoms with E-state index in [1.165, 1.54) is 12.1 Å². The average molecular weight is 384 g/mol.